The number of ether oxygens (including phenoxy) is 1. The Bertz CT molecular complexity index is 882. The molecule has 0 unspecified atom stereocenters. The number of nitrogens with one attached hydrogen (secondary N) is 1. The number of hydrogen-bond donors (Lipinski definition) is 1. The van der Waals surface area contributed by atoms with Crippen molar-refractivity contribution in [3.8, 4) is 5.75 Å². The zero-order valence-corrected chi connectivity index (χ0v) is 13.9. The Hall–Kier alpha value is -3.01. The molecule has 0 aliphatic carbocycles. The van der Waals surface area contributed by atoms with Crippen LogP contribution >= 0.6 is 0 Å². The summed E-state index contributed by atoms with van der Waals surface area (Å²) in [4.78, 5) is 2.67. The first-order valence-corrected chi connectivity index (χ1v) is 8.27. The summed E-state index contributed by atoms with van der Waals surface area (Å²) in [5.41, 5.74) is 10.8. The van der Waals surface area contributed by atoms with Gasteiger partial charge in [-0.2, -0.15) is 0 Å². The average Bonchev–Trinajstić information content (AvgIpc) is 2.66. The maximum atomic E-state index is 8.27. The summed E-state index contributed by atoms with van der Waals surface area (Å²) in [6.07, 6.45) is 0.906. The lowest BCUT2D eigenvalue weighted by molar-refractivity contribution is 0.329. The molecule has 0 aliphatic heterocycles. The van der Waals surface area contributed by atoms with Gasteiger partial charge in [-0.3, -0.25) is 0 Å². The molecule has 3 aromatic rings. The van der Waals surface area contributed by atoms with E-state index in [0.717, 1.165) is 25.3 Å². The van der Waals surface area contributed by atoms with Crippen LogP contribution in [0.2, 0.25) is 0 Å². The molecule has 5 nitrogen and oxygen atoms in total. The van der Waals surface area contributed by atoms with Crippen molar-refractivity contribution in [2.75, 3.05) is 13.3 Å². The zero-order valence-electron chi connectivity index (χ0n) is 13.9. The van der Waals surface area contributed by atoms with E-state index in [4.69, 9.17) is 10.3 Å². The number of azide groups is 1. The van der Waals surface area contributed by atoms with Crippen LogP contribution in [0.25, 0.3) is 21.2 Å². The van der Waals surface area contributed by atoms with Crippen LogP contribution in [0.5, 0.6) is 5.75 Å². The van der Waals surface area contributed by atoms with Crippen molar-refractivity contribution in [1.29, 1.82) is 0 Å². The molecule has 0 atom stereocenters. The van der Waals surface area contributed by atoms with Crippen molar-refractivity contribution in [1.82, 2.24) is 5.32 Å². The van der Waals surface area contributed by atoms with E-state index in [2.05, 4.69) is 63.9 Å². The van der Waals surface area contributed by atoms with Crippen molar-refractivity contribution in [2.45, 2.75) is 13.0 Å². The number of nitrogens with zero attached hydrogens (tertiary/aromatic N) is 3. The Kier molecular flexibility index (Phi) is 5.88. The molecular formula is C20H20N4O. The van der Waals surface area contributed by atoms with Crippen LogP contribution in [0.1, 0.15) is 11.1 Å². The number of hydrogen-bond acceptors (Lipinski definition) is 3. The highest BCUT2D eigenvalue weighted by atomic mass is 16.5. The molecule has 0 bridgehead atoms. The molecule has 25 heavy (non-hydrogen) atoms. The third-order valence-electron chi connectivity index (χ3n) is 4.04. The summed E-state index contributed by atoms with van der Waals surface area (Å²) in [7, 11) is 0. The number of rotatable bonds is 8. The molecule has 3 aromatic carbocycles. The second-order valence-corrected chi connectivity index (χ2v) is 5.72. The first-order chi connectivity index (χ1) is 12.4. The van der Waals surface area contributed by atoms with Gasteiger partial charge in [-0.1, -0.05) is 59.7 Å². The molecule has 0 heterocycles. The fourth-order valence-corrected chi connectivity index (χ4v) is 2.82. The third kappa shape index (κ3) is 4.73. The van der Waals surface area contributed by atoms with Crippen molar-refractivity contribution < 1.29 is 4.74 Å². The SMILES string of the molecule is [N-]=[N+]=NCOc1cccc(CCNCc2cccc3ccccc23)c1. The predicted molar refractivity (Wildman–Crippen MR) is 100 cm³/mol. The molecule has 0 radical (unpaired) electrons. The van der Waals surface area contributed by atoms with Gasteiger partial charge < -0.3 is 10.1 Å². The smallest absolute Gasteiger partial charge is 0.167 e. The van der Waals surface area contributed by atoms with Crippen molar-refractivity contribution in [3.63, 3.8) is 0 Å². The van der Waals surface area contributed by atoms with Gasteiger partial charge in [0.15, 0.2) is 6.73 Å². The second-order valence-electron chi connectivity index (χ2n) is 5.72. The molecule has 0 spiro atoms. The van der Waals surface area contributed by atoms with Crippen LogP contribution in [0.4, 0.5) is 0 Å². The quantitative estimate of drug-likeness (QED) is 0.278. The van der Waals surface area contributed by atoms with Gasteiger partial charge in [-0.25, -0.2) is 0 Å². The lowest BCUT2D eigenvalue weighted by Crippen LogP contribution is -2.16. The number of fused-ring (bicyclic) bond motifs is 1. The highest BCUT2D eigenvalue weighted by Crippen LogP contribution is 2.18. The molecule has 5 heteroatoms. The molecule has 0 saturated heterocycles. The van der Waals surface area contributed by atoms with Crippen molar-refractivity contribution in [2.24, 2.45) is 5.11 Å². The Morgan fingerprint density at radius 2 is 1.84 bits per heavy atom. The van der Waals surface area contributed by atoms with Crippen LogP contribution in [0.15, 0.2) is 71.8 Å². The third-order valence-corrected chi connectivity index (χ3v) is 4.04. The van der Waals surface area contributed by atoms with Gasteiger partial charge in [0.2, 0.25) is 0 Å². The van der Waals surface area contributed by atoms with Crippen LogP contribution in [0, 0.1) is 0 Å². The van der Waals surface area contributed by atoms with E-state index in [1.54, 1.807) is 0 Å². The van der Waals surface area contributed by atoms with Crippen molar-refractivity contribution >= 4 is 10.8 Å². The first kappa shape index (κ1) is 16.8. The molecule has 0 aliphatic rings. The minimum absolute atomic E-state index is 0.0132. The van der Waals surface area contributed by atoms with Gasteiger partial charge >= 0.3 is 0 Å². The fourth-order valence-electron chi connectivity index (χ4n) is 2.82. The maximum Gasteiger partial charge on any atom is 0.167 e. The monoisotopic (exact) mass is 332 g/mol. The van der Waals surface area contributed by atoms with E-state index in [1.807, 2.05) is 18.2 Å². The summed E-state index contributed by atoms with van der Waals surface area (Å²) >= 11 is 0. The van der Waals surface area contributed by atoms with Crippen LogP contribution < -0.4 is 10.1 Å². The number of benzene rings is 3. The lowest BCUT2D eigenvalue weighted by atomic mass is 10.0. The molecule has 0 aromatic heterocycles. The van der Waals surface area contributed by atoms with Gasteiger partial charge in [-0.15, -0.1) is 0 Å². The van der Waals surface area contributed by atoms with E-state index in [-0.39, 0.29) is 6.73 Å². The Morgan fingerprint density at radius 3 is 2.76 bits per heavy atom. The summed E-state index contributed by atoms with van der Waals surface area (Å²) in [5.74, 6) is 0.721. The van der Waals surface area contributed by atoms with E-state index in [9.17, 15) is 0 Å². The van der Waals surface area contributed by atoms with Crippen LogP contribution in [-0.2, 0) is 13.0 Å². The normalized spacial score (nSPS) is 10.4. The summed E-state index contributed by atoms with van der Waals surface area (Å²) < 4.78 is 5.37. The highest BCUT2D eigenvalue weighted by molar-refractivity contribution is 5.85. The summed E-state index contributed by atoms with van der Waals surface area (Å²) in [6.45, 7) is 1.73. The lowest BCUT2D eigenvalue weighted by Gasteiger charge is -2.09. The largest absolute Gasteiger partial charge is 0.488 e. The molecule has 0 fully saturated rings. The van der Waals surface area contributed by atoms with Gasteiger partial charge in [-0.05, 0) is 52.5 Å². The topological polar surface area (TPSA) is 70.0 Å². The minimum atomic E-state index is 0.0132. The molecule has 1 N–H and O–H groups in total. The van der Waals surface area contributed by atoms with Crippen LogP contribution in [0.3, 0.4) is 0 Å². The van der Waals surface area contributed by atoms with E-state index >= 15 is 0 Å². The second kappa shape index (κ2) is 8.73. The van der Waals surface area contributed by atoms with Crippen molar-refractivity contribution in [3.05, 3.63) is 88.3 Å². The summed E-state index contributed by atoms with van der Waals surface area (Å²) in [5, 5.41) is 9.45. The summed E-state index contributed by atoms with van der Waals surface area (Å²) in [6, 6.07) is 22.7. The van der Waals surface area contributed by atoms with Gasteiger partial charge in [0, 0.05) is 11.5 Å². The molecular weight excluding hydrogens is 312 g/mol. The highest BCUT2D eigenvalue weighted by Gasteiger charge is 2.01. The van der Waals surface area contributed by atoms with Crippen LogP contribution in [-0.4, -0.2) is 13.3 Å². The van der Waals surface area contributed by atoms with Gasteiger partial charge in [0.1, 0.15) is 5.75 Å². The first-order valence-electron chi connectivity index (χ1n) is 8.27. The minimum Gasteiger partial charge on any atom is -0.488 e. The average molecular weight is 332 g/mol. The van der Waals surface area contributed by atoms with E-state index in [1.165, 1.54) is 21.9 Å². The fraction of sp³-hybridized carbons (Fsp3) is 0.200. The van der Waals surface area contributed by atoms with Gasteiger partial charge in [0.25, 0.3) is 0 Å². The molecule has 0 amide bonds. The Labute approximate surface area is 146 Å². The Morgan fingerprint density at radius 1 is 1.00 bits per heavy atom. The zero-order chi connectivity index (χ0) is 17.3. The molecule has 3 rings (SSSR count). The standard InChI is InChI=1S/C20H20N4O/c21-24-23-15-25-19-9-3-5-16(13-19)11-12-22-14-18-8-4-7-17-6-1-2-10-20(17)18/h1-10,13,22H,11-12,14-15H2. The Balaban J connectivity index is 1.53. The maximum absolute atomic E-state index is 8.27. The van der Waals surface area contributed by atoms with E-state index < -0.39 is 0 Å². The van der Waals surface area contributed by atoms with E-state index in [0.29, 0.717) is 0 Å². The molecule has 0 saturated carbocycles. The predicted octanol–water partition coefficient (Wildman–Crippen LogP) is 4.82. The van der Waals surface area contributed by atoms with Gasteiger partial charge in [0.05, 0.1) is 0 Å². The molecule has 126 valence electrons.